The maximum Gasteiger partial charge on any atom is 0.147 e. The van der Waals surface area contributed by atoms with Gasteiger partial charge < -0.3 is 10.3 Å². The van der Waals surface area contributed by atoms with Crippen LogP contribution in [0.25, 0.3) is 27.4 Å². The molecule has 0 saturated heterocycles. The van der Waals surface area contributed by atoms with Gasteiger partial charge in [-0.2, -0.15) is 0 Å². The Hall–Kier alpha value is -3.14. The van der Waals surface area contributed by atoms with Crippen molar-refractivity contribution in [3.05, 3.63) is 83.6 Å². The van der Waals surface area contributed by atoms with Gasteiger partial charge in [-0.1, -0.05) is 36.9 Å². The van der Waals surface area contributed by atoms with E-state index in [4.69, 9.17) is 0 Å². The van der Waals surface area contributed by atoms with E-state index in [0.717, 1.165) is 50.8 Å². The van der Waals surface area contributed by atoms with Crippen molar-refractivity contribution in [2.75, 3.05) is 6.54 Å². The maximum atomic E-state index is 14.1. The molecule has 2 N–H and O–H groups in total. The van der Waals surface area contributed by atoms with Gasteiger partial charge in [-0.15, -0.1) is 0 Å². The zero-order valence-electron chi connectivity index (χ0n) is 15.6. The van der Waals surface area contributed by atoms with E-state index in [-0.39, 0.29) is 5.82 Å². The number of rotatable bonds is 5. The molecular formula is C23H22FN3. The topological polar surface area (TPSA) is 40.7 Å². The van der Waals surface area contributed by atoms with Crippen molar-refractivity contribution in [2.24, 2.45) is 0 Å². The van der Waals surface area contributed by atoms with Gasteiger partial charge in [-0.25, -0.2) is 4.39 Å². The van der Waals surface area contributed by atoms with Gasteiger partial charge in [-0.05, 0) is 48.9 Å². The average Bonchev–Trinajstić information content (AvgIpc) is 3.02. The van der Waals surface area contributed by atoms with Crippen LogP contribution < -0.4 is 5.32 Å². The average molecular weight is 359 g/mol. The first-order valence-electron chi connectivity index (χ1n) is 9.09. The van der Waals surface area contributed by atoms with Crippen molar-refractivity contribution >= 4 is 27.4 Å². The minimum Gasteiger partial charge on any atom is -0.383 e. The number of hydrogen-bond acceptors (Lipinski definition) is 2. The molecule has 0 aliphatic heterocycles. The van der Waals surface area contributed by atoms with Crippen LogP contribution in [0.5, 0.6) is 0 Å². The Morgan fingerprint density at radius 2 is 1.96 bits per heavy atom. The molecule has 2 aromatic heterocycles. The van der Waals surface area contributed by atoms with Crippen LogP contribution in [0, 0.1) is 19.7 Å². The summed E-state index contributed by atoms with van der Waals surface area (Å²) in [5, 5.41) is 6.60. The summed E-state index contributed by atoms with van der Waals surface area (Å²) in [6, 6.07) is 13.5. The van der Waals surface area contributed by atoms with Crippen molar-refractivity contribution in [3.63, 3.8) is 0 Å². The van der Waals surface area contributed by atoms with E-state index in [1.807, 2.05) is 38.1 Å². The molecule has 0 saturated carbocycles. The summed E-state index contributed by atoms with van der Waals surface area (Å²) < 4.78 is 14.1. The molecule has 2 heterocycles. The summed E-state index contributed by atoms with van der Waals surface area (Å²) >= 11 is 0. The number of pyridine rings is 1. The Labute approximate surface area is 157 Å². The molecule has 3 nitrogen and oxygen atoms in total. The van der Waals surface area contributed by atoms with Crippen molar-refractivity contribution in [1.29, 1.82) is 0 Å². The van der Waals surface area contributed by atoms with Gasteiger partial charge in [-0.3, -0.25) is 4.98 Å². The number of aromatic amines is 1. The summed E-state index contributed by atoms with van der Waals surface area (Å²) in [4.78, 5) is 7.69. The minimum absolute atomic E-state index is 0.206. The number of halogens is 1. The molecule has 0 bridgehead atoms. The zero-order valence-corrected chi connectivity index (χ0v) is 15.6. The first-order chi connectivity index (χ1) is 13.1. The van der Waals surface area contributed by atoms with E-state index in [1.165, 1.54) is 6.07 Å². The van der Waals surface area contributed by atoms with E-state index in [1.54, 1.807) is 6.20 Å². The first-order valence-corrected chi connectivity index (χ1v) is 9.09. The molecule has 0 radical (unpaired) electrons. The first kappa shape index (κ1) is 17.3. The molecule has 136 valence electrons. The lowest BCUT2D eigenvalue weighted by Crippen LogP contribution is -2.16. The highest BCUT2D eigenvalue weighted by molar-refractivity contribution is 5.91. The molecule has 0 atom stereocenters. The Morgan fingerprint density at radius 3 is 2.81 bits per heavy atom. The van der Waals surface area contributed by atoms with Gasteiger partial charge >= 0.3 is 0 Å². The Bertz CT molecular complexity index is 1150. The van der Waals surface area contributed by atoms with E-state index in [9.17, 15) is 4.39 Å². The summed E-state index contributed by atoms with van der Waals surface area (Å²) in [5.41, 5.74) is 5.50. The smallest absolute Gasteiger partial charge is 0.147 e. The predicted molar refractivity (Wildman–Crippen MR) is 110 cm³/mol. The second-order valence-corrected chi connectivity index (χ2v) is 6.88. The fourth-order valence-electron chi connectivity index (χ4n) is 3.74. The zero-order chi connectivity index (χ0) is 19.0. The third kappa shape index (κ3) is 3.08. The maximum absolute atomic E-state index is 14.1. The molecule has 4 aromatic rings. The van der Waals surface area contributed by atoms with Crippen LogP contribution in [0.3, 0.4) is 0 Å². The third-order valence-electron chi connectivity index (χ3n) is 5.10. The number of hydrogen-bond donors (Lipinski definition) is 2. The summed E-state index contributed by atoms with van der Waals surface area (Å²) in [5.74, 6) is -0.206. The molecular weight excluding hydrogens is 337 g/mol. The number of aryl methyl sites for hydroxylation is 2. The number of H-pyrrole nitrogens is 1. The van der Waals surface area contributed by atoms with Crippen LogP contribution in [-0.4, -0.2) is 16.5 Å². The molecule has 0 aliphatic rings. The molecule has 0 aliphatic carbocycles. The van der Waals surface area contributed by atoms with E-state index in [0.29, 0.717) is 12.1 Å². The highest BCUT2D eigenvalue weighted by Crippen LogP contribution is 2.28. The van der Waals surface area contributed by atoms with Crippen molar-refractivity contribution in [2.45, 2.75) is 20.3 Å². The van der Waals surface area contributed by atoms with Crippen molar-refractivity contribution in [3.8, 4) is 0 Å². The van der Waals surface area contributed by atoms with Crippen LogP contribution in [0.2, 0.25) is 0 Å². The third-order valence-corrected chi connectivity index (χ3v) is 5.10. The Morgan fingerprint density at radius 1 is 1.15 bits per heavy atom. The number of aromatic nitrogens is 2. The van der Waals surface area contributed by atoms with Crippen LogP contribution in [0.1, 0.15) is 22.5 Å². The highest BCUT2D eigenvalue weighted by atomic mass is 19.1. The van der Waals surface area contributed by atoms with Crippen LogP contribution >= 0.6 is 0 Å². The van der Waals surface area contributed by atoms with E-state index in [2.05, 4.69) is 34.0 Å². The lowest BCUT2D eigenvalue weighted by molar-refractivity contribution is 0.637. The van der Waals surface area contributed by atoms with Gasteiger partial charge in [0.15, 0.2) is 0 Å². The van der Waals surface area contributed by atoms with Gasteiger partial charge in [0, 0.05) is 29.2 Å². The van der Waals surface area contributed by atoms with Gasteiger partial charge in [0.2, 0.25) is 0 Å². The molecule has 4 heteroatoms. The fourth-order valence-corrected chi connectivity index (χ4v) is 3.74. The quantitative estimate of drug-likeness (QED) is 0.509. The predicted octanol–water partition coefficient (Wildman–Crippen LogP) is 5.28. The largest absolute Gasteiger partial charge is 0.383 e. The Kier molecular flexibility index (Phi) is 4.40. The van der Waals surface area contributed by atoms with Crippen LogP contribution in [0.15, 0.2) is 55.2 Å². The van der Waals surface area contributed by atoms with Gasteiger partial charge in [0.1, 0.15) is 5.82 Å². The fraction of sp³-hybridized carbons (Fsp3) is 0.174. The molecule has 27 heavy (non-hydrogen) atoms. The van der Waals surface area contributed by atoms with Crippen molar-refractivity contribution < 1.29 is 4.39 Å². The van der Waals surface area contributed by atoms with E-state index < -0.39 is 0 Å². The molecule has 0 fully saturated rings. The normalized spacial score (nSPS) is 11.2. The minimum atomic E-state index is -0.206. The number of nitrogens with one attached hydrogen (secondary N) is 2. The second kappa shape index (κ2) is 6.88. The van der Waals surface area contributed by atoms with Crippen LogP contribution in [0.4, 0.5) is 4.39 Å². The highest BCUT2D eigenvalue weighted by Gasteiger charge is 2.14. The summed E-state index contributed by atoms with van der Waals surface area (Å²) in [7, 11) is 0. The van der Waals surface area contributed by atoms with E-state index >= 15 is 0 Å². The number of nitrogens with zero attached hydrogens (tertiary/aromatic N) is 1. The Balaban J connectivity index is 1.55. The molecule has 4 rings (SSSR count). The number of fused-ring (bicyclic) bond motifs is 2. The molecule has 0 spiro atoms. The van der Waals surface area contributed by atoms with Crippen LogP contribution in [-0.2, 0) is 6.42 Å². The van der Waals surface area contributed by atoms with Gasteiger partial charge in [0.05, 0.1) is 16.9 Å². The SMILES string of the molecule is C=C(NCCc1c(C)[nH]c2c(F)ccc(C)c12)c1nccc2ccccc12. The number of benzene rings is 2. The van der Waals surface area contributed by atoms with Gasteiger partial charge in [0.25, 0.3) is 0 Å². The summed E-state index contributed by atoms with van der Waals surface area (Å²) in [6.45, 7) is 8.88. The lowest BCUT2D eigenvalue weighted by atomic mass is 10.0. The molecule has 0 amide bonds. The summed E-state index contributed by atoms with van der Waals surface area (Å²) in [6.07, 6.45) is 2.58. The molecule has 2 aromatic carbocycles. The molecule has 0 unspecified atom stereocenters. The lowest BCUT2D eigenvalue weighted by Gasteiger charge is -2.12. The van der Waals surface area contributed by atoms with Crippen molar-refractivity contribution in [1.82, 2.24) is 15.3 Å². The standard InChI is InChI=1S/C23H22FN3/c1-14-8-9-20(24)23-21(14)18(15(2)27-23)11-13-25-16(3)22-19-7-5-4-6-17(19)10-12-26-22/h4-10,12,25,27H,3,11,13H2,1-2H3. The second-order valence-electron chi connectivity index (χ2n) is 6.88. The monoisotopic (exact) mass is 359 g/mol.